The molecule has 220 valence electrons. The molecule has 2 unspecified atom stereocenters. The quantitative estimate of drug-likeness (QED) is 0.301. The molecule has 2 bridgehead atoms. The number of hydrogen-bond donors (Lipinski definition) is 3. The smallest absolute Gasteiger partial charge is 0.251 e. The first-order chi connectivity index (χ1) is 20.4. The van der Waals surface area contributed by atoms with Crippen LogP contribution in [0, 0.1) is 12.8 Å². The SMILES string of the molecule is Cc1ccc(NC(=S)Nc2cc(C(=O)NC3CCCCCCC3)ccc2N2CC3CC(C2)c2cccc(=O)n2C3)cc1. The Bertz CT molecular complexity index is 1490. The van der Waals surface area contributed by atoms with E-state index in [1.807, 2.05) is 47.0 Å². The number of aryl methyl sites for hydroxylation is 1. The highest BCUT2D eigenvalue weighted by Crippen LogP contribution is 2.39. The fraction of sp³-hybridized carbons (Fsp3) is 0.441. The maximum absolute atomic E-state index is 13.5. The number of anilines is 3. The Morgan fingerprint density at radius 2 is 1.64 bits per heavy atom. The number of amides is 1. The second kappa shape index (κ2) is 12.7. The summed E-state index contributed by atoms with van der Waals surface area (Å²) < 4.78 is 1.96. The zero-order valence-corrected chi connectivity index (χ0v) is 25.2. The molecule has 0 radical (unpaired) electrons. The van der Waals surface area contributed by atoms with Gasteiger partial charge in [0, 0.05) is 54.6 Å². The van der Waals surface area contributed by atoms with Crippen LogP contribution in [0.4, 0.5) is 17.1 Å². The van der Waals surface area contributed by atoms with Gasteiger partial charge in [-0.25, -0.2) is 0 Å². The third-order valence-corrected chi connectivity index (χ3v) is 9.28. The van der Waals surface area contributed by atoms with Gasteiger partial charge >= 0.3 is 0 Å². The van der Waals surface area contributed by atoms with Crippen molar-refractivity contribution in [1.82, 2.24) is 9.88 Å². The lowest BCUT2D eigenvalue weighted by Crippen LogP contribution is -2.47. The van der Waals surface area contributed by atoms with Crippen molar-refractivity contribution < 1.29 is 4.79 Å². The third-order valence-electron chi connectivity index (χ3n) is 9.08. The Balaban J connectivity index is 1.26. The van der Waals surface area contributed by atoms with E-state index in [0.29, 0.717) is 16.6 Å². The van der Waals surface area contributed by atoms with Crippen LogP contribution in [0.25, 0.3) is 0 Å². The van der Waals surface area contributed by atoms with Gasteiger partial charge in [0.2, 0.25) is 0 Å². The van der Waals surface area contributed by atoms with Gasteiger partial charge in [0.1, 0.15) is 0 Å². The molecule has 7 nitrogen and oxygen atoms in total. The summed E-state index contributed by atoms with van der Waals surface area (Å²) in [5, 5.41) is 10.5. The summed E-state index contributed by atoms with van der Waals surface area (Å²) in [5.41, 5.74) is 5.77. The normalized spacial score (nSPS) is 20.5. The van der Waals surface area contributed by atoms with E-state index >= 15 is 0 Å². The molecule has 8 heteroatoms. The number of nitrogens with one attached hydrogen (secondary N) is 3. The van der Waals surface area contributed by atoms with Gasteiger partial charge < -0.3 is 25.4 Å². The molecule has 3 heterocycles. The lowest BCUT2D eigenvalue weighted by atomic mass is 9.83. The molecule has 1 aromatic heterocycles. The molecule has 0 spiro atoms. The number of aromatic nitrogens is 1. The van der Waals surface area contributed by atoms with E-state index in [1.54, 1.807) is 6.07 Å². The van der Waals surface area contributed by atoms with Crippen LogP contribution in [0.3, 0.4) is 0 Å². The molecule has 2 fully saturated rings. The van der Waals surface area contributed by atoms with Gasteiger partial charge in [0.15, 0.2) is 5.11 Å². The molecule has 6 rings (SSSR count). The Labute approximate surface area is 253 Å². The lowest BCUT2D eigenvalue weighted by Gasteiger charge is -2.44. The van der Waals surface area contributed by atoms with E-state index in [2.05, 4.69) is 39.9 Å². The second-order valence-electron chi connectivity index (χ2n) is 12.3. The number of hydrogen-bond acceptors (Lipinski definition) is 4. The number of fused-ring (bicyclic) bond motifs is 4. The number of piperidine rings is 1. The van der Waals surface area contributed by atoms with Crippen molar-refractivity contribution in [1.29, 1.82) is 0 Å². The summed E-state index contributed by atoms with van der Waals surface area (Å²) >= 11 is 5.75. The lowest BCUT2D eigenvalue weighted by molar-refractivity contribution is 0.0930. The Morgan fingerprint density at radius 3 is 2.43 bits per heavy atom. The van der Waals surface area contributed by atoms with Crippen molar-refractivity contribution >= 4 is 40.3 Å². The number of carbonyl (C=O) groups is 1. The molecule has 2 aliphatic heterocycles. The monoisotopic (exact) mass is 583 g/mol. The van der Waals surface area contributed by atoms with Crippen molar-refractivity contribution in [2.75, 3.05) is 28.6 Å². The van der Waals surface area contributed by atoms with E-state index in [0.717, 1.165) is 61.7 Å². The summed E-state index contributed by atoms with van der Waals surface area (Å²) in [6.07, 6.45) is 9.30. The van der Waals surface area contributed by atoms with Gasteiger partial charge in [-0.15, -0.1) is 0 Å². The van der Waals surface area contributed by atoms with Crippen molar-refractivity contribution in [2.24, 2.45) is 5.92 Å². The third kappa shape index (κ3) is 6.54. The maximum Gasteiger partial charge on any atom is 0.251 e. The number of nitrogens with zero attached hydrogens (tertiary/aromatic N) is 2. The average molecular weight is 584 g/mol. The molecule has 1 saturated heterocycles. The van der Waals surface area contributed by atoms with E-state index < -0.39 is 0 Å². The minimum absolute atomic E-state index is 0.0311. The molecule has 3 N–H and O–H groups in total. The highest BCUT2D eigenvalue weighted by atomic mass is 32.1. The summed E-state index contributed by atoms with van der Waals surface area (Å²) in [6.45, 7) is 4.45. The maximum atomic E-state index is 13.5. The predicted molar refractivity (Wildman–Crippen MR) is 175 cm³/mol. The van der Waals surface area contributed by atoms with Gasteiger partial charge in [-0.05, 0) is 80.7 Å². The average Bonchev–Trinajstić information content (AvgIpc) is 2.96. The summed E-state index contributed by atoms with van der Waals surface area (Å²) in [5.74, 6) is 0.625. The van der Waals surface area contributed by atoms with Gasteiger partial charge in [0.05, 0.1) is 11.4 Å². The number of pyridine rings is 1. The molecule has 42 heavy (non-hydrogen) atoms. The fourth-order valence-electron chi connectivity index (χ4n) is 6.94. The molecule has 2 atom stereocenters. The van der Waals surface area contributed by atoms with Gasteiger partial charge in [-0.3, -0.25) is 9.59 Å². The number of carbonyl (C=O) groups excluding carboxylic acids is 1. The standard InChI is InChI=1S/C34H41N5O2S/c1-23-12-15-28(16-13-23)36-34(42)37-29-19-25(33(41)35-27-8-5-3-2-4-6-9-27)14-17-31(29)38-20-24-18-26(22-38)30-10-7-11-32(40)39(30)21-24/h7,10-17,19,24,26-27H,2-6,8-9,18,20-22H2,1H3,(H,35,41)(H2,36,37,42). The minimum atomic E-state index is -0.0311. The highest BCUT2D eigenvalue weighted by Gasteiger charge is 2.35. The van der Waals surface area contributed by atoms with E-state index in [4.69, 9.17) is 12.2 Å². The largest absolute Gasteiger partial charge is 0.369 e. The first-order valence-corrected chi connectivity index (χ1v) is 15.9. The van der Waals surface area contributed by atoms with Crippen LogP contribution in [0.5, 0.6) is 0 Å². The van der Waals surface area contributed by atoms with Gasteiger partial charge in [0.25, 0.3) is 11.5 Å². The first-order valence-electron chi connectivity index (χ1n) is 15.5. The summed E-state index contributed by atoms with van der Waals surface area (Å²) in [4.78, 5) is 28.4. The molecule has 1 amide bonds. The number of thiocarbonyl (C=S) groups is 1. The van der Waals surface area contributed by atoms with Crippen LogP contribution in [-0.2, 0) is 6.54 Å². The highest BCUT2D eigenvalue weighted by molar-refractivity contribution is 7.80. The molecule has 1 saturated carbocycles. The van der Waals surface area contributed by atoms with Crippen molar-refractivity contribution in [2.45, 2.75) is 76.8 Å². The van der Waals surface area contributed by atoms with Gasteiger partial charge in [-0.2, -0.15) is 0 Å². The van der Waals surface area contributed by atoms with Crippen molar-refractivity contribution in [3.63, 3.8) is 0 Å². The topological polar surface area (TPSA) is 78.4 Å². The van der Waals surface area contributed by atoms with Crippen LogP contribution < -0.4 is 26.4 Å². The molecule has 3 aliphatic rings. The molecule has 3 aromatic rings. The summed E-state index contributed by atoms with van der Waals surface area (Å²) in [6, 6.07) is 19.9. The first kappa shape index (κ1) is 28.5. The zero-order valence-electron chi connectivity index (χ0n) is 24.4. The van der Waals surface area contributed by atoms with Gasteiger partial charge in [-0.1, -0.05) is 55.9 Å². The Kier molecular flexibility index (Phi) is 8.60. The van der Waals surface area contributed by atoms with Crippen LogP contribution in [0.2, 0.25) is 0 Å². The van der Waals surface area contributed by atoms with E-state index in [9.17, 15) is 9.59 Å². The second-order valence-corrected chi connectivity index (χ2v) is 12.7. The fourth-order valence-corrected chi connectivity index (χ4v) is 7.16. The molecular formula is C34H41N5O2S. The zero-order chi connectivity index (χ0) is 29.1. The van der Waals surface area contributed by atoms with Crippen LogP contribution in [0.15, 0.2) is 65.5 Å². The number of benzene rings is 2. The minimum Gasteiger partial charge on any atom is -0.369 e. The van der Waals surface area contributed by atoms with E-state index in [1.165, 1.54) is 37.7 Å². The Morgan fingerprint density at radius 1 is 0.881 bits per heavy atom. The molecule has 2 aromatic carbocycles. The Hall–Kier alpha value is -3.65. The van der Waals surface area contributed by atoms with Crippen LogP contribution >= 0.6 is 12.2 Å². The van der Waals surface area contributed by atoms with Crippen LogP contribution in [-0.4, -0.2) is 34.7 Å². The predicted octanol–water partition coefficient (Wildman–Crippen LogP) is 6.43. The number of rotatable bonds is 5. The van der Waals surface area contributed by atoms with Crippen molar-refractivity contribution in [3.05, 3.63) is 87.8 Å². The molecule has 1 aliphatic carbocycles. The van der Waals surface area contributed by atoms with E-state index in [-0.39, 0.29) is 23.4 Å². The van der Waals surface area contributed by atoms with Crippen LogP contribution in [0.1, 0.15) is 78.9 Å². The summed E-state index contributed by atoms with van der Waals surface area (Å²) in [7, 11) is 0. The molecular weight excluding hydrogens is 542 g/mol. The van der Waals surface area contributed by atoms with Crippen molar-refractivity contribution in [3.8, 4) is 0 Å².